The summed E-state index contributed by atoms with van der Waals surface area (Å²) in [7, 11) is 1.46. The molecular formula is C17H30N2O2. The van der Waals surface area contributed by atoms with E-state index in [4.69, 9.17) is 10.5 Å². The number of ether oxygens (including phenoxy) is 1. The van der Waals surface area contributed by atoms with Gasteiger partial charge in [0.1, 0.15) is 5.54 Å². The molecule has 120 valence electrons. The number of rotatable bonds is 8. The van der Waals surface area contributed by atoms with Gasteiger partial charge >= 0.3 is 5.97 Å². The molecule has 2 N–H and O–H groups in total. The molecule has 21 heavy (non-hydrogen) atoms. The van der Waals surface area contributed by atoms with Crippen LogP contribution in [-0.4, -0.2) is 43.2 Å². The first-order chi connectivity index (χ1) is 10.1. The summed E-state index contributed by atoms with van der Waals surface area (Å²) in [4.78, 5) is 14.6. The number of carbonyl (C=O) groups is 1. The number of esters is 1. The van der Waals surface area contributed by atoms with E-state index in [2.05, 4.69) is 4.90 Å². The lowest BCUT2D eigenvalue weighted by molar-refractivity contribution is -0.148. The predicted molar refractivity (Wildman–Crippen MR) is 82.8 cm³/mol. The van der Waals surface area contributed by atoms with Gasteiger partial charge in [0.25, 0.3) is 0 Å². The van der Waals surface area contributed by atoms with E-state index in [1.807, 2.05) is 0 Å². The van der Waals surface area contributed by atoms with Crippen molar-refractivity contribution in [3.8, 4) is 0 Å². The van der Waals surface area contributed by atoms with Crippen LogP contribution in [0.15, 0.2) is 0 Å². The average Bonchev–Trinajstić information content (AvgIpc) is 3.39. The number of carbonyl (C=O) groups excluding carboxylic acids is 1. The van der Waals surface area contributed by atoms with E-state index >= 15 is 0 Å². The zero-order valence-corrected chi connectivity index (χ0v) is 13.4. The molecule has 0 aromatic heterocycles. The largest absolute Gasteiger partial charge is 0.468 e. The van der Waals surface area contributed by atoms with Crippen LogP contribution in [0.25, 0.3) is 0 Å². The first kappa shape index (κ1) is 15.3. The minimum atomic E-state index is -0.723. The molecule has 3 aliphatic rings. The molecule has 0 aliphatic heterocycles. The Kier molecular flexibility index (Phi) is 4.55. The Morgan fingerprint density at radius 1 is 1.19 bits per heavy atom. The number of hydrogen-bond donors (Lipinski definition) is 1. The molecule has 0 bridgehead atoms. The third-order valence-corrected chi connectivity index (χ3v) is 5.66. The van der Waals surface area contributed by atoms with Crippen LogP contribution in [0.5, 0.6) is 0 Å². The van der Waals surface area contributed by atoms with Gasteiger partial charge in [-0.3, -0.25) is 4.79 Å². The zero-order valence-electron chi connectivity index (χ0n) is 13.4. The van der Waals surface area contributed by atoms with E-state index in [1.165, 1.54) is 45.9 Å². The van der Waals surface area contributed by atoms with Gasteiger partial charge < -0.3 is 15.4 Å². The van der Waals surface area contributed by atoms with E-state index in [0.29, 0.717) is 5.92 Å². The number of nitrogens with zero attached hydrogens (tertiary/aromatic N) is 1. The Balaban J connectivity index is 1.52. The van der Waals surface area contributed by atoms with Crippen molar-refractivity contribution in [2.45, 2.75) is 56.9 Å². The van der Waals surface area contributed by atoms with Crippen LogP contribution in [0.3, 0.4) is 0 Å². The highest BCUT2D eigenvalue weighted by atomic mass is 16.5. The second-order valence-corrected chi connectivity index (χ2v) is 7.56. The summed E-state index contributed by atoms with van der Waals surface area (Å²) in [6.45, 7) is 3.63. The molecule has 0 aromatic carbocycles. The van der Waals surface area contributed by atoms with Crippen molar-refractivity contribution in [3.63, 3.8) is 0 Å². The topological polar surface area (TPSA) is 55.6 Å². The van der Waals surface area contributed by atoms with Crippen molar-refractivity contribution in [3.05, 3.63) is 0 Å². The van der Waals surface area contributed by atoms with Gasteiger partial charge in [-0.15, -0.1) is 0 Å². The molecule has 2 unspecified atom stereocenters. The first-order valence-electron chi connectivity index (χ1n) is 8.71. The summed E-state index contributed by atoms with van der Waals surface area (Å²) in [6, 6.07) is 0. The van der Waals surface area contributed by atoms with Crippen molar-refractivity contribution in [1.82, 2.24) is 4.90 Å². The van der Waals surface area contributed by atoms with Gasteiger partial charge in [-0.25, -0.2) is 0 Å². The van der Waals surface area contributed by atoms with E-state index in [1.54, 1.807) is 0 Å². The van der Waals surface area contributed by atoms with Crippen LogP contribution >= 0.6 is 0 Å². The SMILES string of the molecule is COC(=O)C1(N)CCCC1CCN(CC1CC1)CC1CC1. The van der Waals surface area contributed by atoms with Gasteiger partial charge in [0.15, 0.2) is 0 Å². The lowest BCUT2D eigenvalue weighted by atomic mass is 9.85. The molecule has 0 amide bonds. The molecule has 3 saturated carbocycles. The Labute approximate surface area is 128 Å². The smallest absolute Gasteiger partial charge is 0.326 e. The van der Waals surface area contributed by atoms with E-state index in [-0.39, 0.29) is 5.97 Å². The Bertz CT molecular complexity index is 365. The lowest BCUT2D eigenvalue weighted by Gasteiger charge is -2.31. The van der Waals surface area contributed by atoms with Crippen LogP contribution in [0.4, 0.5) is 0 Å². The third-order valence-electron chi connectivity index (χ3n) is 5.66. The first-order valence-corrected chi connectivity index (χ1v) is 8.71. The Morgan fingerprint density at radius 2 is 1.81 bits per heavy atom. The van der Waals surface area contributed by atoms with Gasteiger partial charge in [0.2, 0.25) is 0 Å². The van der Waals surface area contributed by atoms with Gasteiger partial charge in [-0.1, -0.05) is 6.42 Å². The minimum Gasteiger partial charge on any atom is -0.468 e. The van der Waals surface area contributed by atoms with Gasteiger partial charge in [0.05, 0.1) is 7.11 Å². The Morgan fingerprint density at radius 3 is 2.33 bits per heavy atom. The van der Waals surface area contributed by atoms with Gasteiger partial charge in [-0.05, 0) is 69.2 Å². The average molecular weight is 294 g/mol. The highest BCUT2D eigenvalue weighted by Crippen LogP contribution is 2.38. The summed E-state index contributed by atoms with van der Waals surface area (Å²) in [5, 5.41) is 0. The van der Waals surface area contributed by atoms with Crippen molar-refractivity contribution < 1.29 is 9.53 Å². The van der Waals surface area contributed by atoms with E-state index in [0.717, 1.165) is 44.1 Å². The molecule has 4 nitrogen and oxygen atoms in total. The fourth-order valence-corrected chi connectivity index (χ4v) is 3.89. The summed E-state index contributed by atoms with van der Waals surface area (Å²) in [5.74, 6) is 1.97. The second kappa shape index (κ2) is 6.25. The molecule has 3 rings (SSSR count). The van der Waals surface area contributed by atoms with Crippen LogP contribution in [-0.2, 0) is 9.53 Å². The van der Waals surface area contributed by atoms with Crippen molar-refractivity contribution in [2.75, 3.05) is 26.7 Å². The van der Waals surface area contributed by atoms with Crippen molar-refractivity contribution >= 4 is 5.97 Å². The van der Waals surface area contributed by atoms with Crippen molar-refractivity contribution in [2.24, 2.45) is 23.5 Å². The highest BCUT2D eigenvalue weighted by molar-refractivity contribution is 5.81. The number of nitrogens with two attached hydrogens (primary N) is 1. The number of methoxy groups -OCH3 is 1. The maximum Gasteiger partial charge on any atom is 0.326 e. The Hall–Kier alpha value is -0.610. The van der Waals surface area contributed by atoms with Crippen LogP contribution in [0, 0.1) is 17.8 Å². The summed E-state index contributed by atoms with van der Waals surface area (Å²) >= 11 is 0. The molecule has 0 heterocycles. The van der Waals surface area contributed by atoms with Crippen LogP contribution in [0.2, 0.25) is 0 Å². The normalized spacial score (nSPS) is 32.6. The van der Waals surface area contributed by atoms with Gasteiger partial charge in [-0.2, -0.15) is 0 Å². The molecule has 0 radical (unpaired) electrons. The fraction of sp³-hybridized carbons (Fsp3) is 0.941. The molecule has 0 saturated heterocycles. The standard InChI is InChI=1S/C17H30N2O2/c1-21-16(20)17(18)9-2-3-15(17)8-10-19(11-13-4-5-13)12-14-6-7-14/h13-15H,2-12,18H2,1H3. The number of hydrogen-bond acceptors (Lipinski definition) is 4. The van der Waals surface area contributed by atoms with Crippen LogP contribution in [0.1, 0.15) is 51.4 Å². The highest BCUT2D eigenvalue weighted by Gasteiger charge is 2.46. The van der Waals surface area contributed by atoms with Crippen LogP contribution < -0.4 is 5.73 Å². The molecule has 3 aliphatic carbocycles. The molecule has 2 atom stereocenters. The van der Waals surface area contributed by atoms with Crippen molar-refractivity contribution in [1.29, 1.82) is 0 Å². The fourth-order valence-electron chi connectivity index (χ4n) is 3.89. The monoisotopic (exact) mass is 294 g/mol. The maximum atomic E-state index is 12.0. The molecule has 4 heteroatoms. The lowest BCUT2D eigenvalue weighted by Crippen LogP contribution is -2.52. The summed E-state index contributed by atoms with van der Waals surface area (Å²) in [6.07, 6.45) is 9.61. The van der Waals surface area contributed by atoms with E-state index in [9.17, 15) is 4.79 Å². The quantitative estimate of drug-likeness (QED) is 0.697. The zero-order chi connectivity index (χ0) is 14.9. The molecule has 0 spiro atoms. The molecule has 0 aromatic rings. The second-order valence-electron chi connectivity index (χ2n) is 7.56. The van der Waals surface area contributed by atoms with E-state index < -0.39 is 5.54 Å². The third kappa shape index (κ3) is 3.78. The van der Waals surface area contributed by atoms with Gasteiger partial charge in [0, 0.05) is 13.1 Å². The predicted octanol–water partition coefficient (Wildman–Crippen LogP) is 2.17. The molecular weight excluding hydrogens is 264 g/mol. The maximum absolute atomic E-state index is 12.0. The minimum absolute atomic E-state index is 0.207. The summed E-state index contributed by atoms with van der Waals surface area (Å²) in [5.41, 5.74) is 5.66. The summed E-state index contributed by atoms with van der Waals surface area (Å²) < 4.78 is 4.95. The molecule has 3 fully saturated rings.